The number of hydrogen-bond acceptors (Lipinski definition) is 3. The van der Waals surface area contributed by atoms with Gasteiger partial charge >= 0.3 is 11.9 Å². The van der Waals surface area contributed by atoms with Crippen molar-refractivity contribution < 1.29 is 19.8 Å². The molecule has 142 valence electrons. The maximum absolute atomic E-state index is 11.9. The Labute approximate surface area is 163 Å². The van der Waals surface area contributed by atoms with E-state index in [9.17, 15) is 19.8 Å². The Hall–Kier alpha value is -3.44. The molecule has 0 aromatic heterocycles. The summed E-state index contributed by atoms with van der Waals surface area (Å²) in [5.41, 5.74) is 1.44. The number of aliphatic carboxylic acids is 2. The second-order valence-electron chi connectivity index (χ2n) is 6.48. The van der Waals surface area contributed by atoms with Gasteiger partial charge in [0, 0.05) is 0 Å². The van der Waals surface area contributed by atoms with Crippen molar-refractivity contribution in [3.8, 4) is 0 Å². The lowest BCUT2D eigenvalue weighted by atomic mass is 9.76. The third kappa shape index (κ3) is 3.94. The largest absolute Gasteiger partial charge is 0.481 e. The highest BCUT2D eigenvalue weighted by Crippen LogP contribution is 2.37. The maximum Gasteiger partial charge on any atom is 0.321 e. The van der Waals surface area contributed by atoms with Crippen molar-refractivity contribution in [3.05, 3.63) is 108 Å². The summed E-state index contributed by atoms with van der Waals surface area (Å²) in [6, 6.07) is 27.1. The lowest BCUT2D eigenvalue weighted by molar-refractivity contribution is -0.146. The lowest BCUT2D eigenvalue weighted by Crippen LogP contribution is -2.53. The summed E-state index contributed by atoms with van der Waals surface area (Å²) in [5, 5.41) is 22.1. The number of carbonyl (C=O) groups is 2. The molecule has 0 aliphatic rings. The van der Waals surface area contributed by atoms with Gasteiger partial charge in [-0.3, -0.25) is 14.9 Å². The predicted octanol–water partition coefficient (Wildman–Crippen LogP) is 3.50. The van der Waals surface area contributed by atoms with Gasteiger partial charge < -0.3 is 10.2 Å². The van der Waals surface area contributed by atoms with E-state index in [-0.39, 0.29) is 0 Å². The molecule has 3 aromatic rings. The minimum atomic E-state index is -1.28. The van der Waals surface area contributed by atoms with Gasteiger partial charge in [0.2, 0.25) is 0 Å². The molecule has 1 atom stereocenters. The van der Waals surface area contributed by atoms with E-state index < -0.39 is 29.9 Å². The third-order valence-corrected chi connectivity index (χ3v) is 4.69. The number of benzene rings is 3. The molecule has 0 saturated carbocycles. The van der Waals surface area contributed by atoms with Gasteiger partial charge in [-0.25, -0.2) is 0 Å². The summed E-state index contributed by atoms with van der Waals surface area (Å²) in [6.45, 7) is 0. The van der Waals surface area contributed by atoms with E-state index >= 15 is 0 Å². The molecule has 0 unspecified atom stereocenters. The van der Waals surface area contributed by atoms with Crippen molar-refractivity contribution in [2.75, 3.05) is 0 Å². The molecule has 0 bridgehead atoms. The van der Waals surface area contributed by atoms with Gasteiger partial charge in [0.25, 0.3) is 0 Å². The third-order valence-electron chi connectivity index (χ3n) is 4.69. The second kappa shape index (κ2) is 8.50. The zero-order chi connectivity index (χ0) is 20.0. The number of rotatable bonds is 8. The van der Waals surface area contributed by atoms with Crippen LogP contribution in [0.5, 0.6) is 0 Å². The van der Waals surface area contributed by atoms with E-state index in [0.29, 0.717) is 0 Å². The fourth-order valence-electron chi connectivity index (χ4n) is 3.45. The summed E-state index contributed by atoms with van der Waals surface area (Å²) in [5.74, 6) is -2.39. The minimum Gasteiger partial charge on any atom is -0.481 e. The molecule has 5 heteroatoms. The Morgan fingerprint density at radius 1 is 0.714 bits per heavy atom. The van der Waals surface area contributed by atoms with Crippen molar-refractivity contribution in [1.82, 2.24) is 5.32 Å². The number of hydrogen-bond donors (Lipinski definition) is 3. The Kier molecular flexibility index (Phi) is 5.87. The van der Waals surface area contributed by atoms with Crippen LogP contribution < -0.4 is 5.32 Å². The summed E-state index contributed by atoms with van der Waals surface area (Å²) in [6.07, 6.45) is -0.538. The first-order valence-electron chi connectivity index (χ1n) is 8.93. The van der Waals surface area contributed by atoms with Gasteiger partial charge in [0.15, 0.2) is 0 Å². The second-order valence-corrected chi connectivity index (χ2v) is 6.48. The van der Waals surface area contributed by atoms with Gasteiger partial charge in [-0.15, -0.1) is 0 Å². The molecule has 0 amide bonds. The Morgan fingerprint density at radius 3 is 1.36 bits per heavy atom. The van der Waals surface area contributed by atoms with Gasteiger partial charge in [-0.05, 0) is 16.7 Å². The number of carboxylic acids is 2. The van der Waals surface area contributed by atoms with Gasteiger partial charge in [-0.2, -0.15) is 0 Å². The van der Waals surface area contributed by atoms with E-state index in [0.717, 1.165) is 16.7 Å². The smallest absolute Gasteiger partial charge is 0.321 e. The van der Waals surface area contributed by atoms with Crippen LogP contribution in [0.3, 0.4) is 0 Å². The first-order valence-corrected chi connectivity index (χ1v) is 8.93. The monoisotopic (exact) mass is 375 g/mol. The Bertz CT molecular complexity index is 830. The van der Waals surface area contributed by atoms with Crippen LogP contribution in [0.4, 0.5) is 0 Å². The average molecular weight is 375 g/mol. The van der Waals surface area contributed by atoms with Crippen LogP contribution in [0.15, 0.2) is 91.0 Å². The van der Waals surface area contributed by atoms with Crippen molar-refractivity contribution in [3.63, 3.8) is 0 Å². The Morgan fingerprint density at radius 2 is 1.07 bits per heavy atom. The van der Waals surface area contributed by atoms with Gasteiger partial charge in [0.1, 0.15) is 6.04 Å². The van der Waals surface area contributed by atoms with Crippen LogP contribution in [0.2, 0.25) is 0 Å². The van der Waals surface area contributed by atoms with Crippen LogP contribution in [0.25, 0.3) is 0 Å². The molecule has 0 spiro atoms. The van der Waals surface area contributed by atoms with Crippen molar-refractivity contribution in [1.29, 1.82) is 0 Å². The van der Waals surface area contributed by atoms with Crippen LogP contribution in [0, 0.1) is 0 Å². The highest BCUT2D eigenvalue weighted by atomic mass is 16.4. The standard InChI is InChI=1S/C23H21NO4/c25-21(26)16-20(22(27)28)24-23(17-10-4-1-5-11-17,18-12-6-2-7-13-18)19-14-8-3-9-15-19/h1-15,20,24H,16H2,(H,25,26)(H,27,28)/t20-/m0/s1. The van der Waals surface area contributed by atoms with E-state index in [1.165, 1.54) is 0 Å². The fourth-order valence-corrected chi connectivity index (χ4v) is 3.45. The van der Waals surface area contributed by atoms with E-state index in [2.05, 4.69) is 5.32 Å². The summed E-state index contributed by atoms with van der Waals surface area (Å²) < 4.78 is 0. The maximum atomic E-state index is 11.9. The Balaban J connectivity index is 2.27. The van der Waals surface area contributed by atoms with Crippen molar-refractivity contribution in [2.24, 2.45) is 0 Å². The average Bonchev–Trinajstić information content (AvgIpc) is 2.72. The zero-order valence-corrected chi connectivity index (χ0v) is 15.2. The fraction of sp³-hybridized carbons (Fsp3) is 0.130. The number of carboxylic acid groups (broad SMARTS) is 2. The number of nitrogens with one attached hydrogen (secondary N) is 1. The quantitative estimate of drug-likeness (QED) is 0.525. The molecule has 0 radical (unpaired) electrons. The molecular formula is C23H21NO4. The molecule has 28 heavy (non-hydrogen) atoms. The van der Waals surface area contributed by atoms with Crippen molar-refractivity contribution >= 4 is 11.9 Å². The van der Waals surface area contributed by atoms with Crippen LogP contribution in [-0.2, 0) is 15.1 Å². The van der Waals surface area contributed by atoms with Gasteiger partial charge in [0.05, 0.1) is 12.0 Å². The molecule has 0 fully saturated rings. The van der Waals surface area contributed by atoms with Crippen LogP contribution >= 0.6 is 0 Å². The molecule has 5 nitrogen and oxygen atoms in total. The summed E-state index contributed by atoms with van der Waals surface area (Å²) >= 11 is 0. The van der Waals surface area contributed by atoms with Crippen LogP contribution in [-0.4, -0.2) is 28.2 Å². The molecule has 0 aliphatic carbocycles. The summed E-state index contributed by atoms with van der Waals surface area (Å²) in [7, 11) is 0. The molecule has 3 aromatic carbocycles. The summed E-state index contributed by atoms with van der Waals surface area (Å²) in [4.78, 5) is 23.2. The molecule has 0 saturated heterocycles. The molecule has 0 heterocycles. The SMILES string of the molecule is O=C(O)C[C@H](NC(c1ccccc1)(c1ccccc1)c1ccccc1)C(=O)O. The van der Waals surface area contributed by atoms with E-state index in [4.69, 9.17) is 0 Å². The van der Waals surface area contributed by atoms with E-state index in [1.54, 1.807) is 0 Å². The van der Waals surface area contributed by atoms with Crippen molar-refractivity contribution in [2.45, 2.75) is 18.0 Å². The normalized spacial score (nSPS) is 12.3. The highest BCUT2D eigenvalue weighted by Gasteiger charge is 2.40. The lowest BCUT2D eigenvalue weighted by Gasteiger charge is -2.39. The molecule has 3 rings (SSSR count). The first-order chi connectivity index (χ1) is 13.5. The first kappa shape index (κ1) is 19.3. The predicted molar refractivity (Wildman–Crippen MR) is 106 cm³/mol. The minimum absolute atomic E-state index is 0.538. The molecular weight excluding hydrogens is 354 g/mol. The molecule has 0 aliphatic heterocycles. The molecule has 3 N–H and O–H groups in total. The van der Waals surface area contributed by atoms with Gasteiger partial charge in [-0.1, -0.05) is 91.0 Å². The van der Waals surface area contributed by atoms with Crippen LogP contribution in [0.1, 0.15) is 23.1 Å². The van der Waals surface area contributed by atoms with E-state index in [1.807, 2.05) is 91.0 Å². The zero-order valence-electron chi connectivity index (χ0n) is 15.2. The topological polar surface area (TPSA) is 86.6 Å². The highest BCUT2D eigenvalue weighted by molar-refractivity contribution is 5.81.